The Morgan fingerprint density at radius 1 is 1.27 bits per heavy atom. The fraction of sp³-hybridized carbons (Fsp3) is 0.750. The Bertz CT molecular complexity index is 232. The summed E-state index contributed by atoms with van der Waals surface area (Å²) in [6, 6.07) is -3.02. The zero-order valence-electron chi connectivity index (χ0n) is 8.51. The molecule has 7 N–H and O–H groups in total. The van der Waals surface area contributed by atoms with Crippen molar-refractivity contribution in [3.63, 3.8) is 0 Å². The third-order valence-electron chi connectivity index (χ3n) is 1.82. The Kier molecular flexibility index (Phi) is 6.02. The van der Waals surface area contributed by atoms with Gasteiger partial charge in [0.25, 0.3) is 0 Å². The van der Waals surface area contributed by atoms with Gasteiger partial charge in [-0.15, -0.1) is 0 Å². The molecule has 0 rings (SSSR count). The molecular formula is C8H17N3O4. The highest BCUT2D eigenvalue weighted by atomic mass is 16.3. The van der Waals surface area contributed by atoms with Gasteiger partial charge >= 0.3 is 0 Å². The first kappa shape index (κ1) is 14.0. The number of nitrogens with one attached hydrogen (secondary N) is 1. The molecule has 3 atom stereocenters. The van der Waals surface area contributed by atoms with Gasteiger partial charge in [0, 0.05) is 0 Å². The predicted molar refractivity (Wildman–Crippen MR) is 52.7 cm³/mol. The molecule has 0 aromatic carbocycles. The van der Waals surface area contributed by atoms with Crippen LogP contribution >= 0.6 is 0 Å². The number of aliphatic hydroxyl groups excluding tert-OH is 2. The highest BCUT2D eigenvalue weighted by Gasteiger charge is 2.25. The lowest BCUT2D eigenvalue weighted by Gasteiger charge is -2.19. The minimum absolute atomic E-state index is 0.538. The van der Waals surface area contributed by atoms with Crippen molar-refractivity contribution in [3.8, 4) is 0 Å². The molecule has 0 aromatic heterocycles. The Labute approximate surface area is 87.4 Å². The van der Waals surface area contributed by atoms with E-state index in [4.69, 9.17) is 21.7 Å². The summed E-state index contributed by atoms with van der Waals surface area (Å²) in [4.78, 5) is 22.5. The van der Waals surface area contributed by atoms with Gasteiger partial charge in [-0.05, 0) is 6.92 Å². The lowest BCUT2D eigenvalue weighted by Crippen LogP contribution is -2.54. The number of carbonyl (C=O) groups is 2. The normalized spacial score (nSPS) is 16.6. The van der Waals surface area contributed by atoms with Crippen LogP contribution in [0.25, 0.3) is 0 Å². The average molecular weight is 219 g/mol. The molecule has 1 amide bonds. The van der Waals surface area contributed by atoms with Crippen LogP contribution in [-0.2, 0) is 9.59 Å². The molecule has 0 aliphatic heterocycles. The van der Waals surface area contributed by atoms with Gasteiger partial charge < -0.3 is 27.0 Å². The van der Waals surface area contributed by atoms with Crippen LogP contribution in [0.1, 0.15) is 6.92 Å². The molecule has 15 heavy (non-hydrogen) atoms. The topological polar surface area (TPSA) is 139 Å². The molecule has 0 aromatic rings. The molecule has 0 radical (unpaired) electrons. The standard InChI is InChI=1S/C8H17N3O4/c1-4(9)8(15)11-6(3-13)7(14)5(10)2-12/h4-6,12-13H,2-3,9-10H2,1H3,(H,11,15). The fourth-order valence-electron chi connectivity index (χ4n) is 0.858. The van der Waals surface area contributed by atoms with Gasteiger partial charge in [-0.3, -0.25) is 9.59 Å². The molecule has 0 fully saturated rings. The zero-order chi connectivity index (χ0) is 12.0. The van der Waals surface area contributed by atoms with Crippen LogP contribution in [0.2, 0.25) is 0 Å². The van der Waals surface area contributed by atoms with E-state index in [2.05, 4.69) is 5.32 Å². The summed E-state index contributed by atoms with van der Waals surface area (Å²) in [6.45, 7) is 0.328. The maximum Gasteiger partial charge on any atom is 0.237 e. The minimum Gasteiger partial charge on any atom is -0.394 e. The van der Waals surface area contributed by atoms with Gasteiger partial charge in [-0.2, -0.15) is 0 Å². The maximum absolute atomic E-state index is 11.4. The van der Waals surface area contributed by atoms with E-state index in [1.54, 1.807) is 0 Å². The van der Waals surface area contributed by atoms with Crippen LogP contribution in [0.15, 0.2) is 0 Å². The van der Waals surface area contributed by atoms with Gasteiger partial charge in [-0.25, -0.2) is 0 Å². The van der Waals surface area contributed by atoms with E-state index >= 15 is 0 Å². The number of hydrogen-bond acceptors (Lipinski definition) is 6. The number of aliphatic hydroxyl groups is 2. The van der Waals surface area contributed by atoms with E-state index in [0.717, 1.165) is 0 Å². The van der Waals surface area contributed by atoms with Crippen molar-refractivity contribution in [2.75, 3.05) is 13.2 Å². The summed E-state index contributed by atoms with van der Waals surface area (Å²) in [5.74, 6) is -1.19. The number of ketones is 1. The molecule has 0 aliphatic carbocycles. The van der Waals surface area contributed by atoms with Gasteiger partial charge in [0.05, 0.1) is 25.3 Å². The van der Waals surface area contributed by atoms with Crippen molar-refractivity contribution < 1.29 is 19.8 Å². The van der Waals surface area contributed by atoms with E-state index in [9.17, 15) is 9.59 Å². The second-order valence-corrected chi connectivity index (χ2v) is 3.22. The number of carbonyl (C=O) groups excluding carboxylic acids is 2. The summed E-state index contributed by atoms with van der Waals surface area (Å²) < 4.78 is 0. The maximum atomic E-state index is 11.4. The van der Waals surface area contributed by atoms with E-state index in [1.807, 2.05) is 0 Å². The predicted octanol–water partition coefficient (Wildman–Crippen LogP) is -3.30. The van der Waals surface area contributed by atoms with E-state index in [-0.39, 0.29) is 0 Å². The van der Waals surface area contributed by atoms with Crippen molar-refractivity contribution in [2.45, 2.75) is 25.0 Å². The first-order valence-electron chi connectivity index (χ1n) is 4.51. The summed E-state index contributed by atoms with van der Waals surface area (Å²) in [5.41, 5.74) is 10.5. The Morgan fingerprint density at radius 2 is 1.80 bits per heavy atom. The van der Waals surface area contributed by atoms with Crippen LogP contribution in [0, 0.1) is 0 Å². The molecule has 0 spiro atoms. The van der Waals surface area contributed by atoms with Crippen LogP contribution in [0.5, 0.6) is 0 Å². The quantitative estimate of drug-likeness (QED) is 0.317. The molecular weight excluding hydrogens is 202 g/mol. The van der Waals surface area contributed by atoms with E-state index in [1.165, 1.54) is 6.92 Å². The smallest absolute Gasteiger partial charge is 0.237 e. The molecule has 7 heteroatoms. The highest BCUT2D eigenvalue weighted by molar-refractivity contribution is 5.93. The SMILES string of the molecule is CC(N)C(=O)NC(CO)C(=O)C(N)CO. The summed E-state index contributed by atoms with van der Waals surface area (Å²) in [5, 5.41) is 19.7. The van der Waals surface area contributed by atoms with Crippen LogP contribution < -0.4 is 16.8 Å². The first-order chi connectivity index (χ1) is 6.93. The lowest BCUT2D eigenvalue weighted by molar-refractivity contribution is -0.130. The minimum atomic E-state index is -1.12. The summed E-state index contributed by atoms with van der Waals surface area (Å²) in [6.07, 6.45) is 0. The molecule has 0 saturated heterocycles. The van der Waals surface area contributed by atoms with Gasteiger partial charge in [-0.1, -0.05) is 0 Å². The molecule has 0 aliphatic rings. The van der Waals surface area contributed by atoms with Crippen molar-refractivity contribution in [1.82, 2.24) is 5.32 Å². The van der Waals surface area contributed by atoms with Gasteiger partial charge in [0.15, 0.2) is 5.78 Å². The summed E-state index contributed by atoms with van der Waals surface area (Å²) >= 11 is 0. The number of rotatable bonds is 6. The fourth-order valence-corrected chi connectivity index (χ4v) is 0.858. The Morgan fingerprint density at radius 3 is 2.13 bits per heavy atom. The largest absolute Gasteiger partial charge is 0.394 e. The molecule has 7 nitrogen and oxygen atoms in total. The average Bonchev–Trinajstić information content (AvgIpc) is 2.23. The molecule has 3 unspecified atom stereocenters. The van der Waals surface area contributed by atoms with Crippen molar-refractivity contribution >= 4 is 11.7 Å². The Hall–Kier alpha value is -1.02. The second-order valence-electron chi connectivity index (χ2n) is 3.22. The van der Waals surface area contributed by atoms with E-state index < -0.39 is 43.0 Å². The van der Waals surface area contributed by atoms with Crippen molar-refractivity contribution in [1.29, 1.82) is 0 Å². The van der Waals surface area contributed by atoms with E-state index in [0.29, 0.717) is 0 Å². The van der Waals surface area contributed by atoms with Crippen LogP contribution in [-0.4, -0.2) is 53.2 Å². The van der Waals surface area contributed by atoms with Gasteiger partial charge in [0.1, 0.15) is 6.04 Å². The molecule has 0 saturated carbocycles. The highest BCUT2D eigenvalue weighted by Crippen LogP contribution is 1.91. The van der Waals surface area contributed by atoms with Crippen LogP contribution in [0.3, 0.4) is 0 Å². The molecule has 0 heterocycles. The Balaban J connectivity index is 4.37. The lowest BCUT2D eigenvalue weighted by atomic mass is 10.1. The first-order valence-corrected chi connectivity index (χ1v) is 4.51. The molecule has 88 valence electrons. The van der Waals surface area contributed by atoms with Crippen LogP contribution in [0.4, 0.5) is 0 Å². The number of Topliss-reactive ketones (excluding diaryl/α,β-unsaturated/α-hetero) is 1. The zero-order valence-corrected chi connectivity index (χ0v) is 8.51. The summed E-state index contributed by atoms with van der Waals surface area (Å²) in [7, 11) is 0. The number of nitrogens with two attached hydrogens (primary N) is 2. The third-order valence-corrected chi connectivity index (χ3v) is 1.82. The molecule has 0 bridgehead atoms. The third kappa shape index (κ3) is 4.34. The van der Waals surface area contributed by atoms with Gasteiger partial charge in [0.2, 0.25) is 5.91 Å². The van der Waals surface area contributed by atoms with Crippen molar-refractivity contribution in [3.05, 3.63) is 0 Å². The monoisotopic (exact) mass is 219 g/mol. The number of amides is 1. The number of hydrogen-bond donors (Lipinski definition) is 5. The second kappa shape index (κ2) is 6.46. The van der Waals surface area contributed by atoms with Crippen molar-refractivity contribution in [2.24, 2.45) is 11.5 Å².